The summed E-state index contributed by atoms with van der Waals surface area (Å²) in [5.41, 5.74) is 0.854. The Hall–Kier alpha value is -0.640. The fourth-order valence-corrected chi connectivity index (χ4v) is 4.20. The standard InChI is InChI=1S/C16H20BrF2N/c17-10-11-8-13(18)16(14(19)9-11)20-7-3-5-12-4-1-2-6-15(12)20/h8-9,12,15H,1-7,10H2/t12-,15-/m1/s1. The minimum Gasteiger partial charge on any atom is -0.364 e. The second-order valence-electron chi connectivity index (χ2n) is 5.99. The highest BCUT2D eigenvalue weighted by Crippen LogP contribution is 2.39. The first-order valence-corrected chi connectivity index (χ1v) is 8.63. The molecule has 0 bridgehead atoms. The fourth-order valence-electron chi connectivity index (χ4n) is 3.87. The predicted octanol–water partition coefficient (Wildman–Crippen LogP) is 5.02. The molecular formula is C16H20BrF2N. The second-order valence-corrected chi connectivity index (χ2v) is 6.55. The zero-order valence-corrected chi connectivity index (χ0v) is 13.1. The fraction of sp³-hybridized carbons (Fsp3) is 0.625. The zero-order valence-electron chi connectivity index (χ0n) is 11.5. The lowest BCUT2D eigenvalue weighted by Gasteiger charge is -2.45. The van der Waals surface area contributed by atoms with E-state index in [1.807, 2.05) is 4.90 Å². The van der Waals surface area contributed by atoms with Gasteiger partial charge in [-0.1, -0.05) is 28.8 Å². The van der Waals surface area contributed by atoms with E-state index in [0.29, 0.717) is 22.9 Å². The highest BCUT2D eigenvalue weighted by Gasteiger charge is 2.35. The van der Waals surface area contributed by atoms with E-state index in [1.54, 1.807) is 0 Å². The van der Waals surface area contributed by atoms with Gasteiger partial charge in [0.1, 0.15) is 17.3 Å². The number of hydrogen-bond acceptors (Lipinski definition) is 1. The SMILES string of the molecule is Fc1cc(CBr)cc(F)c1N1CCC[C@H]2CCCC[C@H]21. The van der Waals surface area contributed by atoms with E-state index < -0.39 is 11.6 Å². The molecule has 1 aliphatic carbocycles. The number of hydrogen-bond donors (Lipinski definition) is 0. The Morgan fingerprint density at radius 1 is 1.05 bits per heavy atom. The van der Waals surface area contributed by atoms with Crippen LogP contribution in [-0.2, 0) is 5.33 Å². The summed E-state index contributed by atoms with van der Waals surface area (Å²) in [6.07, 6.45) is 6.99. The molecular weight excluding hydrogens is 324 g/mol. The third kappa shape index (κ3) is 2.59. The first-order chi connectivity index (χ1) is 9.70. The molecule has 1 saturated carbocycles. The maximum Gasteiger partial charge on any atom is 0.149 e. The molecule has 4 heteroatoms. The maximum atomic E-state index is 14.3. The van der Waals surface area contributed by atoms with Crippen molar-refractivity contribution in [2.75, 3.05) is 11.4 Å². The van der Waals surface area contributed by atoms with Crippen LogP contribution >= 0.6 is 15.9 Å². The zero-order chi connectivity index (χ0) is 14.1. The Labute approximate surface area is 127 Å². The van der Waals surface area contributed by atoms with Crippen LogP contribution in [0.3, 0.4) is 0 Å². The second kappa shape index (κ2) is 6.00. The number of fused-ring (bicyclic) bond motifs is 1. The lowest BCUT2D eigenvalue weighted by molar-refractivity contribution is 0.241. The normalized spacial score (nSPS) is 26.4. The van der Waals surface area contributed by atoms with Crippen molar-refractivity contribution >= 4 is 21.6 Å². The lowest BCUT2D eigenvalue weighted by Crippen LogP contribution is -2.47. The van der Waals surface area contributed by atoms with Gasteiger partial charge < -0.3 is 4.90 Å². The minimum absolute atomic E-state index is 0.200. The minimum atomic E-state index is -0.411. The molecule has 3 rings (SSSR count). The highest BCUT2D eigenvalue weighted by molar-refractivity contribution is 9.08. The average molecular weight is 344 g/mol. The first-order valence-electron chi connectivity index (χ1n) is 7.51. The molecule has 0 unspecified atom stereocenters. The van der Waals surface area contributed by atoms with Gasteiger partial charge in [-0.15, -0.1) is 0 Å². The van der Waals surface area contributed by atoms with Crippen molar-refractivity contribution in [3.8, 4) is 0 Å². The van der Waals surface area contributed by atoms with Crippen LogP contribution in [0.2, 0.25) is 0 Å². The third-order valence-corrected chi connectivity index (χ3v) is 5.41. The first kappa shape index (κ1) is 14.3. The number of rotatable bonds is 2. The quantitative estimate of drug-likeness (QED) is 0.681. The van der Waals surface area contributed by atoms with Gasteiger partial charge in [-0.25, -0.2) is 8.78 Å². The maximum absolute atomic E-state index is 14.3. The van der Waals surface area contributed by atoms with Crippen LogP contribution in [0.4, 0.5) is 14.5 Å². The summed E-state index contributed by atoms with van der Waals surface area (Å²) in [4.78, 5) is 2.01. The smallest absolute Gasteiger partial charge is 0.149 e. The van der Waals surface area contributed by atoms with E-state index in [0.717, 1.165) is 19.4 Å². The van der Waals surface area contributed by atoms with E-state index in [9.17, 15) is 8.78 Å². The molecule has 2 aliphatic rings. The van der Waals surface area contributed by atoms with E-state index in [4.69, 9.17) is 0 Å². The van der Waals surface area contributed by atoms with Crippen LogP contribution in [0.15, 0.2) is 12.1 Å². The summed E-state index contributed by atoms with van der Waals surface area (Å²) in [7, 11) is 0. The molecule has 0 N–H and O–H groups in total. The number of anilines is 1. The Morgan fingerprint density at radius 2 is 1.70 bits per heavy atom. The molecule has 1 saturated heterocycles. The molecule has 0 radical (unpaired) electrons. The van der Waals surface area contributed by atoms with Gasteiger partial charge >= 0.3 is 0 Å². The molecule has 1 heterocycles. The van der Waals surface area contributed by atoms with Crippen LogP contribution < -0.4 is 4.90 Å². The number of nitrogens with zero attached hydrogens (tertiary/aromatic N) is 1. The van der Waals surface area contributed by atoms with E-state index in [2.05, 4.69) is 15.9 Å². The molecule has 1 nitrogen and oxygen atoms in total. The van der Waals surface area contributed by atoms with Crippen molar-refractivity contribution in [1.82, 2.24) is 0 Å². The van der Waals surface area contributed by atoms with E-state index >= 15 is 0 Å². The number of halogens is 3. The molecule has 1 aromatic rings. The molecule has 0 aromatic heterocycles. The monoisotopic (exact) mass is 343 g/mol. The van der Waals surface area contributed by atoms with Crippen LogP contribution in [0.1, 0.15) is 44.1 Å². The average Bonchev–Trinajstić information content (AvgIpc) is 2.46. The van der Waals surface area contributed by atoms with Gasteiger partial charge in [0.2, 0.25) is 0 Å². The van der Waals surface area contributed by atoms with Crippen LogP contribution in [0.25, 0.3) is 0 Å². The van der Waals surface area contributed by atoms with Crippen LogP contribution in [-0.4, -0.2) is 12.6 Å². The molecule has 110 valence electrons. The predicted molar refractivity (Wildman–Crippen MR) is 81.3 cm³/mol. The summed E-state index contributed by atoms with van der Waals surface area (Å²) < 4.78 is 28.7. The Bertz CT molecular complexity index is 466. The largest absolute Gasteiger partial charge is 0.364 e. The van der Waals surface area contributed by atoms with Gasteiger partial charge in [0.05, 0.1) is 0 Å². The summed E-state index contributed by atoms with van der Waals surface area (Å²) >= 11 is 3.25. The van der Waals surface area contributed by atoms with Crippen molar-refractivity contribution in [3.63, 3.8) is 0 Å². The third-order valence-electron chi connectivity index (χ3n) is 4.76. The summed E-state index contributed by atoms with van der Waals surface area (Å²) in [6, 6.07) is 3.25. The molecule has 20 heavy (non-hydrogen) atoms. The molecule has 2 atom stereocenters. The van der Waals surface area contributed by atoms with Crippen molar-refractivity contribution in [3.05, 3.63) is 29.3 Å². The lowest BCUT2D eigenvalue weighted by atomic mass is 9.78. The summed E-state index contributed by atoms with van der Waals surface area (Å²) in [6.45, 7) is 0.780. The van der Waals surface area contributed by atoms with Gasteiger partial charge in [0.25, 0.3) is 0 Å². The Morgan fingerprint density at radius 3 is 2.40 bits per heavy atom. The van der Waals surface area contributed by atoms with Gasteiger partial charge in [-0.3, -0.25) is 0 Å². The Balaban J connectivity index is 1.94. The topological polar surface area (TPSA) is 3.24 Å². The van der Waals surface area contributed by atoms with Crippen molar-refractivity contribution in [1.29, 1.82) is 0 Å². The number of piperidine rings is 1. The molecule has 2 fully saturated rings. The van der Waals surface area contributed by atoms with Crippen molar-refractivity contribution in [2.24, 2.45) is 5.92 Å². The van der Waals surface area contributed by atoms with Crippen LogP contribution in [0.5, 0.6) is 0 Å². The molecule has 1 aromatic carbocycles. The highest BCUT2D eigenvalue weighted by atomic mass is 79.9. The molecule has 0 amide bonds. The van der Waals surface area contributed by atoms with Gasteiger partial charge in [0, 0.05) is 17.9 Å². The molecule has 1 aliphatic heterocycles. The number of benzene rings is 1. The van der Waals surface area contributed by atoms with Gasteiger partial charge in [0.15, 0.2) is 0 Å². The van der Waals surface area contributed by atoms with E-state index in [-0.39, 0.29) is 5.69 Å². The van der Waals surface area contributed by atoms with Gasteiger partial charge in [-0.05, 0) is 49.3 Å². The Kier molecular flexibility index (Phi) is 4.29. The molecule has 0 spiro atoms. The van der Waals surface area contributed by atoms with Crippen molar-refractivity contribution < 1.29 is 8.78 Å². The van der Waals surface area contributed by atoms with Gasteiger partial charge in [-0.2, -0.15) is 0 Å². The number of alkyl halides is 1. The summed E-state index contributed by atoms with van der Waals surface area (Å²) in [5, 5.41) is 0.479. The summed E-state index contributed by atoms with van der Waals surface area (Å²) in [5.74, 6) is -0.205. The van der Waals surface area contributed by atoms with Crippen LogP contribution in [0, 0.1) is 17.6 Å². The van der Waals surface area contributed by atoms with Crippen molar-refractivity contribution in [2.45, 2.75) is 49.9 Å². The van der Waals surface area contributed by atoms with E-state index in [1.165, 1.54) is 37.8 Å².